The van der Waals surface area contributed by atoms with E-state index in [4.69, 9.17) is 5.73 Å². The van der Waals surface area contributed by atoms with Gasteiger partial charge in [0.15, 0.2) is 6.29 Å². The highest BCUT2D eigenvalue weighted by atomic mass is 79.9. The molecule has 0 aliphatic heterocycles. The van der Waals surface area contributed by atoms with Gasteiger partial charge in [0.05, 0.1) is 11.3 Å². The van der Waals surface area contributed by atoms with E-state index in [0.717, 1.165) is 6.07 Å². The molecule has 0 aliphatic rings. The van der Waals surface area contributed by atoms with Gasteiger partial charge in [0.1, 0.15) is 4.60 Å². The van der Waals surface area contributed by atoms with Gasteiger partial charge in [-0.05, 0) is 22.0 Å². The van der Waals surface area contributed by atoms with E-state index in [1.54, 1.807) is 0 Å². The van der Waals surface area contributed by atoms with Crippen LogP contribution in [0.1, 0.15) is 28.0 Å². The number of hydrogen-bond donors (Lipinski definition) is 1. The van der Waals surface area contributed by atoms with E-state index in [-0.39, 0.29) is 22.3 Å². The van der Waals surface area contributed by atoms with E-state index in [1.807, 2.05) is 0 Å². The standard InChI is InChI=1S/C8H7BrF2N2O/c9-7-6(3-14)5(8(10)11)1-4(2-12)13-7/h1,3,8H,2,12H2. The van der Waals surface area contributed by atoms with Crippen LogP contribution in [0.15, 0.2) is 10.7 Å². The molecule has 1 aromatic heterocycles. The molecule has 2 N–H and O–H groups in total. The lowest BCUT2D eigenvalue weighted by Gasteiger charge is -2.07. The van der Waals surface area contributed by atoms with E-state index >= 15 is 0 Å². The van der Waals surface area contributed by atoms with Crippen molar-refractivity contribution in [1.82, 2.24) is 4.98 Å². The molecule has 0 atom stereocenters. The van der Waals surface area contributed by atoms with Gasteiger partial charge in [-0.15, -0.1) is 0 Å². The molecule has 0 unspecified atom stereocenters. The number of hydrogen-bond acceptors (Lipinski definition) is 3. The van der Waals surface area contributed by atoms with Crippen LogP contribution in [-0.2, 0) is 6.54 Å². The second-order valence-corrected chi connectivity index (χ2v) is 3.28. The molecule has 1 rings (SSSR count). The zero-order valence-corrected chi connectivity index (χ0v) is 8.59. The SMILES string of the molecule is NCc1cc(C(F)F)c(C=O)c(Br)n1. The number of rotatable bonds is 3. The Morgan fingerprint density at radius 2 is 2.29 bits per heavy atom. The van der Waals surface area contributed by atoms with Crippen molar-refractivity contribution in [2.45, 2.75) is 13.0 Å². The summed E-state index contributed by atoms with van der Waals surface area (Å²) in [4.78, 5) is 14.4. The molecule has 0 saturated heterocycles. The van der Waals surface area contributed by atoms with E-state index in [9.17, 15) is 13.6 Å². The first-order chi connectivity index (χ1) is 6.60. The monoisotopic (exact) mass is 264 g/mol. The number of aldehydes is 1. The van der Waals surface area contributed by atoms with Gasteiger partial charge < -0.3 is 5.73 Å². The largest absolute Gasteiger partial charge is 0.325 e. The van der Waals surface area contributed by atoms with Gasteiger partial charge in [-0.1, -0.05) is 0 Å². The fourth-order valence-corrected chi connectivity index (χ4v) is 1.55. The van der Waals surface area contributed by atoms with Gasteiger partial charge in [-0.3, -0.25) is 4.79 Å². The molecule has 6 heteroatoms. The van der Waals surface area contributed by atoms with Gasteiger partial charge >= 0.3 is 0 Å². The van der Waals surface area contributed by atoms with Crippen LogP contribution in [0.25, 0.3) is 0 Å². The van der Waals surface area contributed by atoms with Gasteiger partial charge in [0.2, 0.25) is 0 Å². The highest BCUT2D eigenvalue weighted by Crippen LogP contribution is 2.26. The van der Waals surface area contributed by atoms with Crippen molar-refractivity contribution in [2.24, 2.45) is 5.73 Å². The Morgan fingerprint density at radius 1 is 1.64 bits per heavy atom. The number of nitrogens with zero attached hydrogens (tertiary/aromatic N) is 1. The molecule has 0 bridgehead atoms. The summed E-state index contributed by atoms with van der Waals surface area (Å²) < 4.78 is 25.0. The Bertz CT molecular complexity index is 357. The van der Waals surface area contributed by atoms with Crippen molar-refractivity contribution in [2.75, 3.05) is 0 Å². The molecular weight excluding hydrogens is 258 g/mol. The van der Waals surface area contributed by atoms with Crippen molar-refractivity contribution < 1.29 is 13.6 Å². The van der Waals surface area contributed by atoms with E-state index in [2.05, 4.69) is 20.9 Å². The van der Waals surface area contributed by atoms with Crippen LogP contribution in [0.5, 0.6) is 0 Å². The van der Waals surface area contributed by atoms with Crippen LogP contribution < -0.4 is 5.73 Å². The van der Waals surface area contributed by atoms with Crippen LogP contribution in [0.4, 0.5) is 8.78 Å². The Labute approximate surface area is 87.4 Å². The minimum atomic E-state index is -2.71. The number of halogens is 3. The summed E-state index contributed by atoms with van der Waals surface area (Å²) in [6.45, 7) is 0.0530. The summed E-state index contributed by atoms with van der Waals surface area (Å²) >= 11 is 2.94. The fourth-order valence-electron chi connectivity index (χ4n) is 0.997. The average molecular weight is 265 g/mol. The van der Waals surface area contributed by atoms with Gasteiger partial charge in [0, 0.05) is 12.1 Å². The molecule has 0 aliphatic carbocycles. The zero-order chi connectivity index (χ0) is 10.7. The zero-order valence-electron chi connectivity index (χ0n) is 7.01. The molecule has 0 radical (unpaired) electrons. The first-order valence-electron chi connectivity index (χ1n) is 3.72. The average Bonchev–Trinajstić information content (AvgIpc) is 2.16. The van der Waals surface area contributed by atoms with Crippen LogP contribution in [0.3, 0.4) is 0 Å². The quantitative estimate of drug-likeness (QED) is 0.672. The Morgan fingerprint density at radius 3 is 2.71 bits per heavy atom. The van der Waals surface area contributed by atoms with Gasteiger partial charge in [0.25, 0.3) is 6.43 Å². The predicted octanol–water partition coefficient (Wildman–Crippen LogP) is 2.05. The maximum atomic E-state index is 12.5. The maximum absolute atomic E-state index is 12.5. The number of pyridine rings is 1. The van der Waals surface area contributed by atoms with Crippen molar-refractivity contribution >= 4 is 22.2 Å². The Hall–Kier alpha value is -0.880. The Kier molecular flexibility index (Phi) is 3.65. The molecule has 3 nitrogen and oxygen atoms in total. The molecule has 1 heterocycles. The molecule has 1 aromatic rings. The topological polar surface area (TPSA) is 56.0 Å². The van der Waals surface area contributed by atoms with Crippen molar-refractivity contribution in [1.29, 1.82) is 0 Å². The summed E-state index contributed by atoms with van der Waals surface area (Å²) in [5, 5.41) is 0. The molecule has 0 saturated carbocycles. The highest BCUT2D eigenvalue weighted by Gasteiger charge is 2.17. The summed E-state index contributed by atoms with van der Waals surface area (Å²) in [5.74, 6) is 0. The minimum Gasteiger partial charge on any atom is -0.325 e. The van der Waals surface area contributed by atoms with E-state index in [0.29, 0.717) is 12.0 Å². The predicted molar refractivity (Wildman–Crippen MR) is 50.2 cm³/mol. The van der Waals surface area contributed by atoms with Crippen LogP contribution in [0, 0.1) is 0 Å². The molecule has 0 amide bonds. The van der Waals surface area contributed by atoms with E-state index in [1.165, 1.54) is 0 Å². The van der Waals surface area contributed by atoms with Crippen LogP contribution >= 0.6 is 15.9 Å². The fraction of sp³-hybridized carbons (Fsp3) is 0.250. The third-order valence-electron chi connectivity index (χ3n) is 1.66. The van der Waals surface area contributed by atoms with Crippen molar-refractivity contribution in [3.05, 3.63) is 27.5 Å². The number of carbonyl (C=O) groups is 1. The second kappa shape index (κ2) is 4.56. The van der Waals surface area contributed by atoms with Gasteiger partial charge in [-0.2, -0.15) is 0 Å². The highest BCUT2D eigenvalue weighted by molar-refractivity contribution is 9.10. The summed E-state index contributed by atoms with van der Waals surface area (Å²) in [7, 11) is 0. The van der Waals surface area contributed by atoms with Gasteiger partial charge in [-0.25, -0.2) is 13.8 Å². The first-order valence-corrected chi connectivity index (χ1v) is 4.52. The Balaban J connectivity index is 3.35. The molecule has 76 valence electrons. The molecule has 0 fully saturated rings. The molecule has 0 aromatic carbocycles. The molecule has 0 spiro atoms. The number of aromatic nitrogens is 1. The summed E-state index contributed by atoms with van der Waals surface area (Å²) in [6.07, 6.45) is -2.36. The second-order valence-electron chi connectivity index (χ2n) is 2.53. The lowest BCUT2D eigenvalue weighted by Crippen LogP contribution is -2.05. The third kappa shape index (κ3) is 2.13. The van der Waals surface area contributed by atoms with Crippen molar-refractivity contribution in [3.63, 3.8) is 0 Å². The first kappa shape index (κ1) is 11.2. The minimum absolute atomic E-state index is 0.0530. The normalized spacial score (nSPS) is 10.6. The molecule has 14 heavy (non-hydrogen) atoms. The molecular formula is C8H7BrF2N2O. The summed E-state index contributed by atoms with van der Waals surface area (Å²) in [5.41, 5.74) is 5.11. The van der Waals surface area contributed by atoms with Crippen LogP contribution in [0.2, 0.25) is 0 Å². The number of nitrogens with two attached hydrogens (primary N) is 1. The smallest absolute Gasteiger partial charge is 0.264 e. The third-order valence-corrected chi connectivity index (χ3v) is 2.26. The summed E-state index contributed by atoms with van der Waals surface area (Å²) in [6, 6.07) is 1.14. The lowest BCUT2D eigenvalue weighted by atomic mass is 10.1. The van der Waals surface area contributed by atoms with E-state index < -0.39 is 6.43 Å². The van der Waals surface area contributed by atoms with Crippen molar-refractivity contribution in [3.8, 4) is 0 Å². The van der Waals surface area contributed by atoms with Crippen LogP contribution in [-0.4, -0.2) is 11.3 Å². The number of carbonyl (C=O) groups excluding carboxylic acids is 1. The number of alkyl halides is 2. The lowest BCUT2D eigenvalue weighted by molar-refractivity contribution is 0.110. The maximum Gasteiger partial charge on any atom is 0.264 e.